The van der Waals surface area contributed by atoms with E-state index in [-0.39, 0.29) is 11.9 Å². The molecule has 0 aromatic rings. The van der Waals surface area contributed by atoms with Crippen molar-refractivity contribution in [1.29, 1.82) is 0 Å². The molecule has 0 bridgehead atoms. The van der Waals surface area contributed by atoms with E-state index in [1.807, 2.05) is 18.1 Å². The highest BCUT2D eigenvalue weighted by atomic mass is 16.2. The minimum absolute atomic E-state index is 0.0233. The lowest BCUT2D eigenvalue weighted by Crippen LogP contribution is -2.65. The van der Waals surface area contributed by atoms with E-state index in [0.29, 0.717) is 6.04 Å². The summed E-state index contributed by atoms with van der Waals surface area (Å²) in [6.45, 7) is 5.60. The Morgan fingerprint density at radius 2 is 1.95 bits per heavy atom. The maximum atomic E-state index is 12.3. The van der Waals surface area contributed by atoms with Crippen LogP contribution in [0.15, 0.2) is 11.9 Å². The van der Waals surface area contributed by atoms with E-state index in [2.05, 4.69) is 15.1 Å². The van der Waals surface area contributed by atoms with Crippen LogP contribution in [-0.2, 0) is 4.79 Å². The largest absolute Gasteiger partial charge is 0.400 e. The third kappa shape index (κ3) is 2.30. The van der Waals surface area contributed by atoms with Gasteiger partial charge in [0, 0.05) is 58.2 Å². The van der Waals surface area contributed by atoms with E-state index >= 15 is 0 Å². The summed E-state index contributed by atoms with van der Waals surface area (Å²) in [5, 5.41) is 3.18. The van der Waals surface area contributed by atoms with Crippen LogP contribution in [0.3, 0.4) is 0 Å². The molecule has 1 amide bonds. The lowest BCUT2D eigenvalue weighted by Gasteiger charge is -2.48. The second kappa shape index (κ2) is 5.02. The van der Waals surface area contributed by atoms with Crippen LogP contribution in [0.2, 0.25) is 0 Å². The molecule has 3 aliphatic rings. The van der Waals surface area contributed by atoms with Crippen LogP contribution in [-0.4, -0.2) is 79.0 Å². The molecule has 3 rings (SSSR count). The Morgan fingerprint density at radius 1 is 1.21 bits per heavy atom. The highest BCUT2D eigenvalue weighted by Gasteiger charge is 2.39. The van der Waals surface area contributed by atoms with Crippen LogP contribution in [0.5, 0.6) is 0 Å². The van der Waals surface area contributed by atoms with Crippen LogP contribution in [0.25, 0.3) is 0 Å². The van der Waals surface area contributed by atoms with Gasteiger partial charge in [0.1, 0.15) is 6.04 Å². The van der Waals surface area contributed by atoms with Crippen molar-refractivity contribution in [3.05, 3.63) is 11.9 Å². The van der Waals surface area contributed by atoms with Gasteiger partial charge in [-0.15, -0.1) is 0 Å². The zero-order valence-electron chi connectivity index (χ0n) is 11.5. The average molecular weight is 265 g/mol. The number of rotatable bonds is 1. The predicted molar refractivity (Wildman–Crippen MR) is 73.2 cm³/mol. The summed E-state index contributed by atoms with van der Waals surface area (Å²) in [7, 11) is 1.90. The van der Waals surface area contributed by atoms with Crippen LogP contribution in [0, 0.1) is 0 Å². The quantitative estimate of drug-likeness (QED) is 0.611. The van der Waals surface area contributed by atoms with Crippen LogP contribution in [0.4, 0.5) is 0 Å². The first kappa shape index (κ1) is 12.7. The molecule has 3 N–H and O–H groups in total. The predicted octanol–water partition coefficient (Wildman–Crippen LogP) is -1.39. The maximum Gasteiger partial charge on any atom is 0.241 e. The van der Waals surface area contributed by atoms with E-state index in [0.717, 1.165) is 51.4 Å². The third-order valence-electron chi connectivity index (χ3n) is 4.56. The molecule has 0 aromatic heterocycles. The number of likely N-dealkylation sites (N-methyl/N-ethyl adjacent to an activating group) is 1. The summed E-state index contributed by atoms with van der Waals surface area (Å²) in [6.07, 6.45) is 2.94. The standard InChI is InChI=1S/C13H23N5O/c1-16-4-5-17-6-7-18(9-12(17)13(16)19)11-2-3-15-8-10(11)14/h8,11-12,15H,2-7,9,14H2,1H3. The number of amides is 1. The van der Waals surface area contributed by atoms with Gasteiger partial charge in [-0.1, -0.05) is 0 Å². The van der Waals surface area contributed by atoms with E-state index in [1.54, 1.807) is 0 Å². The van der Waals surface area contributed by atoms with Gasteiger partial charge in [-0.25, -0.2) is 0 Å². The van der Waals surface area contributed by atoms with Gasteiger partial charge in [0.25, 0.3) is 0 Å². The highest BCUT2D eigenvalue weighted by Crippen LogP contribution is 2.21. The van der Waals surface area contributed by atoms with Crippen molar-refractivity contribution in [3.8, 4) is 0 Å². The highest BCUT2D eigenvalue weighted by molar-refractivity contribution is 5.82. The van der Waals surface area contributed by atoms with Gasteiger partial charge in [-0.3, -0.25) is 14.6 Å². The minimum Gasteiger partial charge on any atom is -0.400 e. The normalized spacial score (nSPS) is 33.6. The Labute approximate surface area is 114 Å². The topological polar surface area (TPSA) is 64.8 Å². The molecule has 0 saturated carbocycles. The Morgan fingerprint density at radius 3 is 2.74 bits per heavy atom. The molecule has 0 aliphatic carbocycles. The molecule has 3 aliphatic heterocycles. The van der Waals surface area contributed by atoms with Gasteiger partial charge in [0.15, 0.2) is 0 Å². The summed E-state index contributed by atoms with van der Waals surface area (Å²) in [5.41, 5.74) is 6.99. The Hall–Kier alpha value is -1.27. The monoisotopic (exact) mass is 265 g/mol. The first-order valence-electron chi connectivity index (χ1n) is 7.09. The van der Waals surface area contributed by atoms with Gasteiger partial charge in [0.2, 0.25) is 5.91 Å². The van der Waals surface area contributed by atoms with Crippen molar-refractivity contribution in [2.45, 2.75) is 18.5 Å². The lowest BCUT2D eigenvalue weighted by molar-refractivity contribution is -0.143. The summed E-state index contributed by atoms with van der Waals surface area (Å²) in [4.78, 5) is 18.8. The van der Waals surface area contributed by atoms with Crippen LogP contribution < -0.4 is 11.1 Å². The number of carbonyl (C=O) groups is 1. The molecule has 19 heavy (non-hydrogen) atoms. The molecular weight excluding hydrogens is 242 g/mol. The molecule has 2 atom stereocenters. The SMILES string of the molecule is CN1CCN2CCN(C3CCNC=C3N)CC2C1=O. The van der Waals surface area contributed by atoms with Crippen molar-refractivity contribution < 1.29 is 4.79 Å². The summed E-state index contributed by atoms with van der Waals surface area (Å²) in [5.74, 6) is 0.257. The van der Waals surface area contributed by atoms with Gasteiger partial charge in [-0.2, -0.15) is 0 Å². The molecule has 2 fully saturated rings. The van der Waals surface area contributed by atoms with Crippen molar-refractivity contribution in [3.63, 3.8) is 0 Å². The number of carbonyl (C=O) groups excluding carboxylic acids is 1. The second-order valence-electron chi connectivity index (χ2n) is 5.71. The smallest absolute Gasteiger partial charge is 0.241 e. The first-order valence-corrected chi connectivity index (χ1v) is 7.09. The molecule has 0 radical (unpaired) electrons. The summed E-state index contributed by atoms with van der Waals surface area (Å²) < 4.78 is 0. The summed E-state index contributed by atoms with van der Waals surface area (Å²) >= 11 is 0. The van der Waals surface area contributed by atoms with E-state index in [1.165, 1.54) is 0 Å². The molecular formula is C13H23N5O. The fraction of sp³-hybridized carbons (Fsp3) is 0.769. The number of hydrogen-bond acceptors (Lipinski definition) is 5. The number of hydrogen-bond donors (Lipinski definition) is 2. The van der Waals surface area contributed by atoms with E-state index < -0.39 is 0 Å². The van der Waals surface area contributed by atoms with Crippen LogP contribution in [0.1, 0.15) is 6.42 Å². The number of nitrogens with two attached hydrogens (primary N) is 1. The van der Waals surface area contributed by atoms with Crippen molar-refractivity contribution in [2.75, 3.05) is 46.3 Å². The molecule has 6 heteroatoms. The first-order chi connectivity index (χ1) is 9.16. The van der Waals surface area contributed by atoms with Gasteiger partial charge >= 0.3 is 0 Å². The molecule has 3 heterocycles. The van der Waals surface area contributed by atoms with Gasteiger partial charge < -0.3 is 16.0 Å². The van der Waals surface area contributed by atoms with Gasteiger partial charge in [0.05, 0.1) is 6.04 Å². The Kier molecular flexibility index (Phi) is 3.36. The zero-order chi connectivity index (χ0) is 13.4. The Bertz CT molecular complexity index is 396. The zero-order valence-corrected chi connectivity index (χ0v) is 11.5. The van der Waals surface area contributed by atoms with Gasteiger partial charge in [-0.05, 0) is 6.42 Å². The maximum absolute atomic E-state index is 12.3. The summed E-state index contributed by atoms with van der Waals surface area (Å²) in [6, 6.07) is 0.318. The minimum atomic E-state index is 0.0233. The third-order valence-corrected chi connectivity index (χ3v) is 4.56. The molecule has 6 nitrogen and oxygen atoms in total. The second-order valence-corrected chi connectivity index (χ2v) is 5.71. The van der Waals surface area contributed by atoms with Crippen molar-refractivity contribution in [1.82, 2.24) is 20.0 Å². The number of piperazine rings is 2. The number of nitrogens with zero attached hydrogens (tertiary/aromatic N) is 3. The lowest BCUT2D eigenvalue weighted by atomic mass is 10.0. The molecule has 2 unspecified atom stereocenters. The van der Waals surface area contributed by atoms with Crippen molar-refractivity contribution >= 4 is 5.91 Å². The molecule has 0 aromatic carbocycles. The number of fused-ring (bicyclic) bond motifs is 1. The molecule has 106 valence electrons. The Balaban J connectivity index is 1.71. The van der Waals surface area contributed by atoms with E-state index in [4.69, 9.17) is 5.73 Å². The fourth-order valence-corrected chi connectivity index (χ4v) is 3.34. The van der Waals surface area contributed by atoms with E-state index in [9.17, 15) is 4.79 Å². The average Bonchev–Trinajstić information content (AvgIpc) is 2.43. The van der Waals surface area contributed by atoms with Crippen LogP contribution >= 0.6 is 0 Å². The number of nitrogens with one attached hydrogen (secondary N) is 1. The molecule has 2 saturated heterocycles. The van der Waals surface area contributed by atoms with Crippen molar-refractivity contribution in [2.24, 2.45) is 5.73 Å². The fourth-order valence-electron chi connectivity index (χ4n) is 3.34. The molecule has 0 spiro atoms.